The smallest absolute Gasteiger partial charge is 0.244 e. The number of aliphatic hydroxyl groups is 1. The fraction of sp³-hybridized carbons (Fsp3) is 0.462. The van der Waals surface area contributed by atoms with Gasteiger partial charge >= 0.3 is 0 Å². The molecule has 1 heterocycles. The second kappa shape index (κ2) is 5.93. The van der Waals surface area contributed by atoms with E-state index < -0.39 is 0 Å². The van der Waals surface area contributed by atoms with E-state index in [2.05, 4.69) is 5.32 Å². The molecule has 0 spiro atoms. The molecule has 18 heavy (non-hydrogen) atoms. The largest absolute Gasteiger partial charge is 0.396 e. The molecule has 98 valence electrons. The number of rotatable bonds is 3. The van der Waals surface area contributed by atoms with E-state index in [0.29, 0.717) is 18.7 Å². The minimum Gasteiger partial charge on any atom is -0.396 e. The number of nitrogens with zero attached hydrogens (tertiary/aromatic N) is 1. The van der Waals surface area contributed by atoms with Crippen molar-refractivity contribution in [1.29, 1.82) is 0 Å². The van der Waals surface area contributed by atoms with Crippen LogP contribution in [0.5, 0.6) is 0 Å². The highest BCUT2D eigenvalue weighted by Gasteiger charge is 2.26. The van der Waals surface area contributed by atoms with E-state index in [4.69, 9.17) is 5.11 Å². The van der Waals surface area contributed by atoms with Crippen LogP contribution >= 0.6 is 0 Å². The molecule has 1 amide bonds. The summed E-state index contributed by atoms with van der Waals surface area (Å²) in [4.78, 5) is 13.9. The molecule has 5 heteroatoms. The topological polar surface area (TPSA) is 52.6 Å². The van der Waals surface area contributed by atoms with Gasteiger partial charge in [0.05, 0.1) is 6.04 Å². The Labute approximate surface area is 105 Å². The normalized spacial score (nSPS) is 20.9. The molecular formula is C13H17FN2O2. The Morgan fingerprint density at radius 2 is 2.11 bits per heavy atom. The monoisotopic (exact) mass is 252 g/mol. The molecule has 1 atom stereocenters. The maximum Gasteiger partial charge on any atom is 0.244 e. The third-order valence-corrected chi connectivity index (χ3v) is 3.07. The van der Waals surface area contributed by atoms with E-state index in [1.165, 1.54) is 12.1 Å². The number of hydrogen-bond acceptors (Lipinski definition) is 3. The zero-order valence-corrected chi connectivity index (χ0v) is 10.1. The SMILES string of the molecule is O=C1C(CCO)NCCCN1c1ccc(F)cc1. The average molecular weight is 252 g/mol. The van der Waals surface area contributed by atoms with Gasteiger partial charge in [-0.25, -0.2) is 4.39 Å². The van der Waals surface area contributed by atoms with E-state index in [1.54, 1.807) is 17.0 Å². The van der Waals surface area contributed by atoms with Gasteiger partial charge in [0.1, 0.15) is 5.82 Å². The molecule has 4 nitrogen and oxygen atoms in total. The first kappa shape index (κ1) is 13.0. The molecule has 1 fully saturated rings. The summed E-state index contributed by atoms with van der Waals surface area (Å²) >= 11 is 0. The molecule has 0 bridgehead atoms. The number of carbonyl (C=O) groups excluding carboxylic acids is 1. The number of aliphatic hydroxyl groups excluding tert-OH is 1. The first-order valence-electron chi connectivity index (χ1n) is 6.13. The summed E-state index contributed by atoms with van der Waals surface area (Å²) in [6.45, 7) is 1.33. The Morgan fingerprint density at radius 1 is 1.39 bits per heavy atom. The van der Waals surface area contributed by atoms with E-state index in [9.17, 15) is 9.18 Å². The molecular weight excluding hydrogens is 235 g/mol. The van der Waals surface area contributed by atoms with Crippen molar-refractivity contribution in [2.24, 2.45) is 0 Å². The van der Waals surface area contributed by atoms with Gasteiger partial charge in [0.15, 0.2) is 0 Å². The number of hydrogen-bond donors (Lipinski definition) is 2. The maximum atomic E-state index is 12.9. The van der Waals surface area contributed by atoms with Crippen LogP contribution in [0.4, 0.5) is 10.1 Å². The molecule has 0 radical (unpaired) electrons. The quantitative estimate of drug-likeness (QED) is 0.840. The Kier molecular flexibility index (Phi) is 4.28. The van der Waals surface area contributed by atoms with Gasteiger partial charge in [-0.1, -0.05) is 0 Å². The Morgan fingerprint density at radius 3 is 2.78 bits per heavy atom. The molecule has 1 saturated heterocycles. The van der Waals surface area contributed by atoms with Crippen molar-refractivity contribution in [3.63, 3.8) is 0 Å². The van der Waals surface area contributed by atoms with Gasteiger partial charge in [-0.3, -0.25) is 4.79 Å². The van der Waals surface area contributed by atoms with Crippen LogP contribution in [-0.4, -0.2) is 36.8 Å². The van der Waals surface area contributed by atoms with Crippen LogP contribution in [0.25, 0.3) is 0 Å². The first-order chi connectivity index (χ1) is 8.72. The number of amides is 1. The van der Waals surface area contributed by atoms with Crippen molar-refractivity contribution in [1.82, 2.24) is 5.32 Å². The maximum absolute atomic E-state index is 12.9. The second-order valence-electron chi connectivity index (χ2n) is 4.34. The summed E-state index contributed by atoms with van der Waals surface area (Å²) in [7, 11) is 0. The van der Waals surface area contributed by atoms with Crippen molar-refractivity contribution in [3.8, 4) is 0 Å². The Balaban J connectivity index is 2.19. The van der Waals surface area contributed by atoms with Crippen molar-refractivity contribution in [2.75, 3.05) is 24.6 Å². The van der Waals surface area contributed by atoms with Crippen LogP contribution in [0.1, 0.15) is 12.8 Å². The summed E-state index contributed by atoms with van der Waals surface area (Å²) in [6.07, 6.45) is 1.24. The van der Waals surface area contributed by atoms with Gasteiger partial charge in [-0.15, -0.1) is 0 Å². The standard InChI is InChI=1S/C13H17FN2O2/c14-10-2-4-11(5-3-10)16-8-1-7-15-12(6-9-17)13(16)18/h2-5,12,15,17H,1,6-9H2. The molecule has 0 aromatic heterocycles. The van der Waals surface area contributed by atoms with Crippen molar-refractivity contribution >= 4 is 11.6 Å². The van der Waals surface area contributed by atoms with Gasteiger partial charge < -0.3 is 15.3 Å². The minimum atomic E-state index is -0.359. The average Bonchev–Trinajstić information content (AvgIpc) is 2.55. The van der Waals surface area contributed by atoms with Crippen molar-refractivity contribution in [3.05, 3.63) is 30.1 Å². The predicted octanol–water partition coefficient (Wildman–Crippen LogP) is 0.903. The van der Waals surface area contributed by atoms with Gasteiger partial charge in [-0.2, -0.15) is 0 Å². The third-order valence-electron chi connectivity index (χ3n) is 3.07. The number of nitrogens with one attached hydrogen (secondary N) is 1. The minimum absolute atomic E-state index is 0.0271. The molecule has 2 rings (SSSR count). The number of anilines is 1. The fourth-order valence-electron chi connectivity index (χ4n) is 2.13. The van der Waals surface area contributed by atoms with Crippen LogP contribution in [-0.2, 0) is 4.79 Å². The van der Waals surface area contributed by atoms with Gasteiger partial charge in [-0.05, 0) is 43.7 Å². The van der Waals surface area contributed by atoms with E-state index in [0.717, 1.165) is 13.0 Å². The van der Waals surface area contributed by atoms with E-state index >= 15 is 0 Å². The second-order valence-corrected chi connectivity index (χ2v) is 4.34. The van der Waals surface area contributed by atoms with Crippen molar-refractivity contribution < 1.29 is 14.3 Å². The molecule has 1 aromatic carbocycles. The van der Waals surface area contributed by atoms with Crippen LogP contribution in [0.15, 0.2) is 24.3 Å². The van der Waals surface area contributed by atoms with E-state index in [-0.39, 0.29) is 24.4 Å². The predicted molar refractivity (Wildman–Crippen MR) is 66.9 cm³/mol. The van der Waals surface area contributed by atoms with Crippen LogP contribution in [0.3, 0.4) is 0 Å². The summed E-state index contributed by atoms with van der Waals surface area (Å²) in [5.41, 5.74) is 0.702. The number of benzene rings is 1. The lowest BCUT2D eigenvalue weighted by atomic mass is 10.1. The van der Waals surface area contributed by atoms with Crippen LogP contribution in [0, 0.1) is 5.82 Å². The number of halogens is 1. The summed E-state index contributed by atoms with van der Waals surface area (Å²) in [6, 6.07) is 5.55. The zero-order chi connectivity index (χ0) is 13.0. The van der Waals surface area contributed by atoms with Crippen LogP contribution < -0.4 is 10.2 Å². The molecule has 2 N–H and O–H groups in total. The summed E-state index contributed by atoms with van der Waals surface area (Å²) < 4.78 is 12.9. The lowest BCUT2D eigenvalue weighted by molar-refractivity contribution is -0.120. The lowest BCUT2D eigenvalue weighted by Crippen LogP contribution is -2.44. The lowest BCUT2D eigenvalue weighted by Gasteiger charge is -2.24. The summed E-state index contributed by atoms with van der Waals surface area (Å²) in [5.74, 6) is -0.376. The highest BCUT2D eigenvalue weighted by atomic mass is 19.1. The Hall–Kier alpha value is -1.46. The molecule has 1 aliphatic rings. The molecule has 1 aromatic rings. The van der Waals surface area contributed by atoms with Gasteiger partial charge in [0.25, 0.3) is 0 Å². The molecule has 1 unspecified atom stereocenters. The summed E-state index contributed by atoms with van der Waals surface area (Å²) in [5, 5.41) is 12.1. The van der Waals surface area contributed by atoms with Crippen LogP contribution in [0.2, 0.25) is 0 Å². The number of carbonyl (C=O) groups is 1. The van der Waals surface area contributed by atoms with Crippen molar-refractivity contribution in [2.45, 2.75) is 18.9 Å². The van der Waals surface area contributed by atoms with Gasteiger partial charge in [0.2, 0.25) is 5.91 Å². The first-order valence-corrected chi connectivity index (χ1v) is 6.13. The highest BCUT2D eigenvalue weighted by Crippen LogP contribution is 2.18. The zero-order valence-electron chi connectivity index (χ0n) is 10.1. The molecule has 1 aliphatic heterocycles. The molecule has 0 aliphatic carbocycles. The Bertz CT molecular complexity index is 408. The van der Waals surface area contributed by atoms with E-state index in [1.807, 2.05) is 0 Å². The third kappa shape index (κ3) is 2.86. The highest BCUT2D eigenvalue weighted by molar-refractivity contribution is 5.97. The fourth-order valence-corrected chi connectivity index (χ4v) is 2.13. The van der Waals surface area contributed by atoms with Gasteiger partial charge in [0, 0.05) is 18.8 Å². The molecule has 0 saturated carbocycles.